The number of hydrogen-bond acceptors (Lipinski definition) is 3. The molecule has 0 saturated heterocycles. The Kier molecular flexibility index (Phi) is 3.94. The summed E-state index contributed by atoms with van der Waals surface area (Å²) in [5.41, 5.74) is 5.35. The number of amides is 1. The lowest BCUT2D eigenvalue weighted by atomic mass is 10.1. The van der Waals surface area contributed by atoms with Crippen molar-refractivity contribution in [3.8, 4) is 0 Å². The molecule has 1 aromatic rings. The number of benzene rings is 1. The number of primary amides is 1. The summed E-state index contributed by atoms with van der Waals surface area (Å²) in [6.07, 6.45) is -2.64. The predicted molar refractivity (Wildman–Crippen MR) is 56.5 cm³/mol. The van der Waals surface area contributed by atoms with Crippen molar-refractivity contribution >= 4 is 17.7 Å². The molecule has 2 atom stereocenters. The van der Waals surface area contributed by atoms with E-state index in [1.165, 1.54) is 0 Å². The topological polar surface area (TPSA) is 72.5 Å². The number of aliphatic hydroxyl groups excluding tert-OH is 1. The molecule has 0 aliphatic heterocycles. The molecule has 1 aromatic carbocycles. The van der Waals surface area contributed by atoms with Gasteiger partial charge in [-0.1, -0.05) is 29.8 Å². The highest BCUT2D eigenvalue weighted by Crippen LogP contribution is 2.25. The first-order valence-electron chi connectivity index (χ1n) is 4.41. The molecule has 1 amide bonds. The third kappa shape index (κ3) is 3.11. The molecule has 0 bridgehead atoms. The molecule has 15 heavy (non-hydrogen) atoms. The Morgan fingerprint density at radius 2 is 2.13 bits per heavy atom. The molecule has 0 heterocycles. The second-order valence-electron chi connectivity index (χ2n) is 3.11. The van der Waals surface area contributed by atoms with Gasteiger partial charge in [0.25, 0.3) is 0 Å². The number of rotatable bonds is 3. The first-order valence-corrected chi connectivity index (χ1v) is 4.78. The summed E-state index contributed by atoms with van der Waals surface area (Å²) in [4.78, 5) is 10.5. The van der Waals surface area contributed by atoms with Gasteiger partial charge in [0.15, 0.2) is 0 Å². The standard InChI is InChI=1S/C10H12ClNO3/c1-6(15-10(12)14)9(13)7-4-2-3-5-8(7)11/h2-6,9,13H,1H3,(H2,12,14)/t6-,9+/m1/s1. The van der Waals surface area contributed by atoms with E-state index in [2.05, 4.69) is 4.74 Å². The van der Waals surface area contributed by atoms with E-state index in [1.807, 2.05) is 0 Å². The maximum atomic E-state index is 10.5. The average molecular weight is 230 g/mol. The maximum Gasteiger partial charge on any atom is 0.404 e. The summed E-state index contributed by atoms with van der Waals surface area (Å²) >= 11 is 5.87. The molecule has 0 aromatic heterocycles. The van der Waals surface area contributed by atoms with E-state index >= 15 is 0 Å². The third-order valence-electron chi connectivity index (χ3n) is 1.97. The Morgan fingerprint density at radius 3 is 2.67 bits per heavy atom. The van der Waals surface area contributed by atoms with Gasteiger partial charge in [0.2, 0.25) is 0 Å². The van der Waals surface area contributed by atoms with Crippen molar-refractivity contribution in [2.75, 3.05) is 0 Å². The van der Waals surface area contributed by atoms with Gasteiger partial charge in [0, 0.05) is 10.6 Å². The zero-order valence-electron chi connectivity index (χ0n) is 8.18. The van der Waals surface area contributed by atoms with E-state index in [0.29, 0.717) is 10.6 Å². The van der Waals surface area contributed by atoms with Gasteiger partial charge in [-0.25, -0.2) is 4.79 Å². The minimum absolute atomic E-state index is 0.421. The number of aliphatic hydroxyl groups is 1. The second kappa shape index (κ2) is 5.00. The fraction of sp³-hybridized carbons (Fsp3) is 0.300. The van der Waals surface area contributed by atoms with Crippen LogP contribution in [0.1, 0.15) is 18.6 Å². The van der Waals surface area contributed by atoms with Gasteiger partial charge in [-0.05, 0) is 13.0 Å². The molecule has 0 spiro atoms. The van der Waals surface area contributed by atoms with Gasteiger partial charge in [-0.3, -0.25) is 0 Å². The van der Waals surface area contributed by atoms with Crippen LogP contribution in [0.5, 0.6) is 0 Å². The predicted octanol–water partition coefficient (Wildman–Crippen LogP) is 1.86. The summed E-state index contributed by atoms with van der Waals surface area (Å²) < 4.78 is 4.65. The smallest absolute Gasteiger partial charge is 0.404 e. The number of carbonyl (C=O) groups is 1. The summed E-state index contributed by atoms with van der Waals surface area (Å²) in [6, 6.07) is 6.80. The molecule has 0 aliphatic carbocycles. The Balaban J connectivity index is 2.80. The van der Waals surface area contributed by atoms with Crippen molar-refractivity contribution in [1.29, 1.82) is 0 Å². The van der Waals surface area contributed by atoms with E-state index in [-0.39, 0.29) is 0 Å². The molecule has 5 heteroatoms. The summed E-state index contributed by atoms with van der Waals surface area (Å²) in [5, 5.41) is 10.2. The van der Waals surface area contributed by atoms with Crippen LogP contribution in [0.25, 0.3) is 0 Å². The first-order chi connectivity index (χ1) is 7.02. The minimum atomic E-state index is -0.980. The van der Waals surface area contributed by atoms with Crippen LogP contribution in [-0.2, 0) is 4.74 Å². The Bertz CT molecular complexity index is 356. The minimum Gasteiger partial charge on any atom is -0.444 e. The summed E-state index contributed by atoms with van der Waals surface area (Å²) in [7, 11) is 0. The second-order valence-corrected chi connectivity index (χ2v) is 3.52. The number of halogens is 1. The van der Waals surface area contributed by atoms with Crippen LogP contribution < -0.4 is 5.73 Å². The maximum absolute atomic E-state index is 10.5. The van der Waals surface area contributed by atoms with Crippen LogP contribution in [0.4, 0.5) is 4.79 Å². The fourth-order valence-corrected chi connectivity index (χ4v) is 1.46. The molecule has 3 N–H and O–H groups in total. The number of carbonyl (C=O) groups excluding carboxylic acids is 1. The van der Waals surface area contributed by atoms with Crippen molar-refractivity contribution in [3.63, 3.8) is 0 Å². The number of ether oxygens (including phenoxy) is 1. The molecule has 0 unspecified atom stereocenters. The summed E-state index contributed by atoms with van der Waals surface area (Å²) in [6.45, 7) is 1.54. The Morgan fingerprint density at radius 1 is 1.53 bits per heavy atom. The highest BCUT2D eigenvalue weighted by atomic mass is 35.5. The van der Waals surface area contributed by atoms with Crippen molar-refractivity contribution in [2.24, 2.45) is 5.73 Å². The van der Waals surface area contributed by atoms with Gasteiger partial charge < -0.3 is 15.6 Å². The lowest BCUT2D eigenvalue weighted by molar-refractivity contribution is 0.0158. The molecule has 0 radical (unpaired) electrons. The molecule has 4 nitrogen and oxygen atoms in total. The monoisotopic (exact) mass is 229 g/mol. The van der Waals surface area contributed by atoms with Crippen LogP contribution in [0, 0.1) is 0 Å². The van der Waals surface area contributed by atoms with Crippen LogP contribution >= 0.6 is 11.6 Å². The van der Waals surface area contributed by atoms with Crippen LogP contribution in [0.2, 0.25) is 5.02 Å². The highest BCUT2D eigenvalue weighted by Gasteiger charge is 2.21. The van der Waals surface area contributed by atoms with Crippen LogP contribution in [0.3, 0.4) is 0 Å². The zero-order valence-corrected chi connectivity index (χ0v) is 8.94. The van der Waals surface area contributed by atoms with Gasteiger partial charge in [-0.2, -0.15) is 0 Å². The van der Waals surface area contributed by atoms with Crippen LogP contribution in [-0.4, -0.2) is 17.3 Å². The lowest BCUT2D eigenvalue weighted by Gasteiger charge is -2.19. The SMILES string of the molecule is C[C@@H](OC(N)=O)[C@H](O)c1ccccc1Cl. The van der Waals surface area contributed by atoms with Crippen molar-refractivity contribution < 1.29 is 14.6 Å². The Labute approximate surface area is 92.6 Å². The van der Waals surface area contributed by atoms with Crippen molar-refractivity contribution in [3.05, 3.63) is 34.9 Å². The third-order valence-corrected chi connectivity index (χ3v) is 2.31. The molecule has 0 saturated carbocycles. The lowest BCUT2D eigenvalue weighted by Crippen LogP contribution is -2.25. The van der Waals surface area contributed by atoms with E-state index < -0.39 is 18.3 Å². The van der Waals surface area contributed by atoms with Gasteiger partial charge in [0.05, 0.1) is 0 Å². The van der Waals surface area contributed by atoms with E-state index in [0.717, 1.165) is 0 Å². The highest BCUT2D eigenvalue weighted by molar-refractivity contribution is 6.31. The van der Waals surface area contributed by atoms with E-state index in [9.17, 15) is 9.90 Å². The van der Waals surface area contributed by atoms with Crippen molar-refractivity contribution in [2.45, 2.75) is 19.1 Å². The molecule has 82 valence electrons. The largest absolute Gasteiger partial charge is 0.444 e. The number of hydrogen-bond donors (Lipinski definition) is 2. The first kappa shape index (κ1) is 11.8. The van der Waals surface area contributed by atoms with Gasteiger partial charge in [0.1, 0.15) is 12.2 Å². The van der Waals surface area contributed by atoms with Crippen molar-refractivity contribution in [1.82, 2.24) is 0 Å². The van der Waals surface area contributed by atoms with Gasteiger partial charge in [-0.15, -0.1) is 0 Å². The quantitative estimate of drug-likeness (QED) is 0.831. The van der Waals surface area contributed by atoms with E-state index in [4.69, 9.17) is 17.3 Å². The molecular formula is C10H12ClNO3. The average Bonchev–Trinajstić information content (AvgIpc) is 2.16. The molecular weight excluding hydrogens is 218 g/mol. The van der Waals surface area contributed by atoms with Crippen LogP contribution in [0.15, 0.2) is 24.3 Å². The molecule has 0 aliphatic rings. The normalized spacial score (nSPS) is 14.3. The molecule has 1 rings (SSSR count). The number of nitrogens with two attached hydrogens (primary N) is 1. The van der Waals surface area contributed by atoms with E-state index in [1.54, 1.807) is 31.2 Å². The Hall–Kier alpha value is -1.26. The molecule has 0 fully saturated rings. The summed E-state index contributed by atoms with van der Waals surface area (Å²) in [5.74, 6) is 0. The fourth-order valence-electron chi connectivity index (χ4n) is 1.22. The zero-order chi connectivity index (χ0) is 11.4. The van der Waals surface area contributed by atoms with Gasteiger partial charge >= 0.3 is 6.09 Å².